The number of esters is 2. The highest BCUT2D eigenvalue weighted by Crippen LogP contribution is 2.23. The zero-order valence-electron chi connectivity index (χ0n) is 13.4. The monoisotopic (exact) mass is 343 g/mol. The first kappa shape index (κ1) is 16.4. The molecular formula is C17H13NO7. The van der Waals surface area contributed by atoms with Gasteiger partial charge in [0.15, 0.2) is 12.4 Å². The molecule has 128 valence electrons. The van der Waals surface area contributed by atoms with Crippen molar-refractivity contribution in [1.29, 1.82) is 0 Å². The fraction of sp³-hybridized carbons (Fsp3) is 0.176. The van der Waals surface area contributed by atoms with Crippen molar-refractivity contribution in [1.82, 2.24) is 4.90 Å². The zero-order chi connectivity index (χ0) is 18.1. The Morgan fingerprint density at radius 2 is 1.80 bits per heavy atom. The van der Waals surface area contributed by atoms with Crippen LogP contribution in [0.25, 0.3) is 0 Å². The third kappa shape index (κ3) is 2.78. The first-order valence-corrected chi connectivity index (χ1v) is 7.22. The number of fused-ring (bicyclic) bond motifs is 1. The van der Waals surface area contributed by atoms with E-state index in [0.29, 0.717) is 0 Å². The van der Waals surface area contributed by atoms with E-state index in [1.807, 2.05) is 0 Å². The Hall–Kier alpha value is -3.42. The highest BCUT2D eigenvalue weighted by atomic mass is 16.5. The van der Waals surface area contributed by atoms with E-state index >= 15 is 0 Å². The van der Waals surface area contributed by atoms with Gasteiger partial charge in [-0.3, -0.25) is 14.5 Å². The molecule has 2 aromatic rings. The lowest BCUT2D eigenvalue weighted by Gasteiger charge is -2.05. The number of furan rings is 1. The molecular weight excluding hydrogens is 330 g/mol. The van der Waals surface area contributed by atoms with Gasteiger partial charge >= 0.3 is 11.9 Å². The third-order valence-electron chi connectivity index (χ3n) is 3.81. The van der Waals surface area contributed by atoms with Gasteiger partial charge in [-0.25, -0.2) is 9.59 Å². The molecule has 2 heterocycles. The summed E-state index contributed by atoms with van der Waals surface area (Å²) in [6.07, 6.45) is 1.28. The van der Waals surface area contributed by atoms with Gasteiger partial charge in [-0.2, -0.15) is 0 Å². The van der Waals surface area contributed by atoms with Gasteiger partial charge in [0.25, 0.3) is 11.8 Å². The van der Waals surface area contributed by atoms with E-state index in [9.17, 15) is 19.2 Å². The van der Waals surface area contributed by atoms with E-state index in [-0.39, 0.29) is 34.6 Å². The Bertz CT molecular complexity index is 896. The van der Waals surface area contributed by atoms with Crippen molar-refractivity contribution in [3.63, 3.8) is 0 Å². The van der Waals surface area contributed by atoms with Crippen LogP contribution in [0, 0.1) is 0 Å². The molecule has 0 saturated carbocycles. The summed E-state index contributed by atoms with van der Waals surface area (Å²) in [6, 6.07) is 5.52. The predicted molar refractivity (Wildman–Crippen MR) is 82.0 cm³/mol. The maximum Gasteiger partial charge on any atom is 0.341 e. The Labute approximate surface area is 141 Å². The standard InChI is InChI=1S/C17H13NO7/c1-18-14(19)10-4-3-9(7-12(10)15(18)20)16(21)25-8-13-11(5-6-24-13)17(22)23-2/h3-7H,8H2,1-2H3. The van der Waals surface area contributed by atoms with Crippen molar-refractivity contribution < 1.29 is 33.1 Å². The number of methoxy groups -OCH3 is 1. The second-order valence-corrected chi connectivity index (χ2v) is 5.25. The summed E-state index contributed by atoms with van der Waals surface area (Å²) in [5.74, 6) is -2.08. The highest BCUT2D eigenvalue weighted by molar-refractivity contribution is 6.21. The number of hydrogen-bond donors (Lipinski definition) is 0. The third-order valence-corrected chi connectivity index (χ3v) is 3.81. The molecule has 0 spiro atoms. The molecule has 1 aliphatic rings. The lowest BCUT2D eigenvalue weighted by Crippen LogP contribution is -2.24. The zero-order valence-corrected chi connectivity index (χ0v) is 13.4. The van der Waals surface area contributed by atoms with Crippen molar-refractivity contribution >= 4 is 23.8 Å². The van der Waals surface area contributed by atoms with Crippen LogP contribution in [-0.2, 0) is 16.1 Å². The summed E-state index contributed by atoms with van der Waals surface area (Å²) in [5.41, 5.74) is 0.659. The topological polar surface area (TPSA) is 103 Å². The van der Waals surface area contributed by atoms with Gasteiger partial charge in [0.05, 0.1) is 30.1 Å². The van der Waals surface area contributed by atoms with Crippen LogP contribution in [0.5, 0.6) is 0 Å². The molecule has 25 heavy (non-hydrogen) atoms. The Balaban J connectivity index is 1.76. The van der Waals surface area contributed by atoms with E-state index in [1.54, 1.807) is 0 Å². The number of carbonyl (C=O) groups excluding carboxylic acids is 4. The summed E-state index contributed by atoms with van der Waals surface area (Å²) >= 11 is 0. The van der Waals surface area contributed by atoms with Crippen molar-refractivity contribution in [2.24, 2.45) is 0 Å². The first-order chi connectivity index (χ1) is 11.9. The quantitative estimate of drug-likeness (QED) is 0.614. The number of ether oxygens (including phenoxy) is 2. The largest absolute Gasteiger partial charge is 0.465 e. The van der Waals surface area contributed by atoms with Gasteiger partial charge in [0.1, 0.15) is 5.56 Å². The number of hydrogen-bond acceptors (Lipinski definition) is 7. The second kappa shape index (κ2) is 6.23. The molecule has 3 rings (SSSR count). The number of benzene rings is 1. The molecule has 0 atom stereocenters. The van der Waals surface area contributed by atoms with Crippen LogP contribution in [0.2, 0.25) is 0 Å². The first-order valence-electron chi connectivity index (χ1n) is 7.22. The number of rotatable bonds is 4. The average molecular weight is 343 g/mol. The number of imide groups is 1. The number of carbonyl (C=O) groups is 4. The molecule has 8 nitrogen and oxygen atoms in total. The molecule has 8 heteroatoms. The lowest BCUT2D eigenvalue weighted by molar-refractivity contribution is 0.0432. The molecule has 2 amide bonds. The minimum absolute atomic E-state index is 0.112. The summed E-state index contributed by atoms with van der Waals surface area (Å²) < 4.78 is 14.8. The molecule has 1 aliphatic heterocycles. The van der Waals surface area contributed by atoms with Crippen LogP contribution in [-0.4, -0.2) is 42.8 Å². The van der Waals surface area contributed by atoms with Gasteiger partial charge in [0.2, 0.25) is 0 Å². The molecule has 1 aromatic heterocycles. The van der Waals surface area contributed by atoms with Gasteiger partial charge in [-0.05, 0) is 24.3 Å². The molecule has 0 radical (unpaired) electrons. The summed E-state index contributed by atoms with van der Waals surface area (Å²) in [7, 11) is 2.60. The second-order valence-electron chi connectivity index (χ2n) is 5.25. The molecule has 0 aliphatic carbocycles. The van der Waals surface area contributed by atoms with Crippen LogP contribution in [0.1, 0.15) is 47.2 Å². The fourth-order valence-electron chi connectivity index (χ4n) is 2.45. The number of nitrogens with zero attached hydrogens (tertiary/aromatic N) is 1. The molecule has 0 fully saturated rings. The maximum absolute atomic E-state index is 12.2. The molecule has 0 saturated heterocycles. The normalized spacial score (nSPS) is 13.0. The van der Waals surface area contributed by atoms with Crippen LogP contribution < -0.4 is 0 Å². The van der Waals surface area contributed by atoms with Gasteiger partial charge in [-0.15, -0.1) is 0 Å². The molecule has 0 bridgehead atoms. The van der Waals surface area contributed by atoms with Crippen LogP contribution in [0.4, 0.5) is 0 Å². The SMILES string of the molecule is COC(=O)c1ccoc1COC(=O)c1ccc2c(c1)C(=O)N(C)C2=O. The molecule has 0 N–H and O–H groups in total. The Morgan fingerprint density at radius 1 is 1.08 bits per heavy atom. The van der Waals surface area contributed by atoms with E-state index in [0.717, 1.165) is 4.90 Å². The predicted octanol–water partition coefficient (Wildman–Crippen LogP) is 1.65. The van der Waals surface area contributed by atoms with E-state index in [1.165, 1.54) is 44.7 Å². The molecule has 0 unspecified atom stereocenters. The maximum atomic E-state index is 12.2. The number of amides is 2. The van der Waals surface area contributed by atoms with E-state index < -0.39 is 23.8 Å². The van der Waals surface area contributed by atoms with Crippen LogP contribution in [0.3, 0.4) is 0 Å². The van der Waals surface area contributed by atoms with Crippen molar-refractivity contribution in [3.8, 4) is 0 Å². The van der Waals surface area contributed by atoms with Crippen molar-refractivity contribution in [2.45, 2.75) is 6.61 Å². The fourth-order valence-corrected chi connectivity index (χ4v) is 2.45. The highest BCUT2D eigenvalue weighted by Gasteiger charge is 2.33. The van der Waals surface area contributed by atoms with E-state index in [2.05, 4.69) is 4.74 Å². The smallest absolute Gasteiger partial charge is 0.341 e. The minimum atomic E-state index is -0.718. The lowest BCUT2D eigenvalue weighted by atomic mass is 10.1. The van der Waals surface area contributed by atoms with E-state index in [4.69, 9.17) is 9.15 Å². The average Bonchev–Trinajstić information content (AvgIpc) is 3.18. The minimum Gasteiger partial charge on any atom is -0.465 e. The van der Waals surface area contributed by atoms with Crippen LogP contribution >= 0.6 is 0 Å². The van der Waals surface area contributed by atoms with Gasteiger partial charge in [-0.1, -0.05) is 0 Å². The van der Waals surface area contributed by atoms with Crippen LogP contribution in [0.15, 0.2) is 34.9 Å². The Morgan fingerprint density at radius 3 is 2.52 bits per heavy atom. The van der Waals surface area contributed by atoms with Gasteiger partial charge in [0, 0.05) is 7.05 Å². The van der Waals surface area contributed by atoms with Crippen molar-refractivity contribution in [3.05, 3.63) is 58.5 Å². The summed E-state index contributed by atoms with van der Waals surface area (Å²) in [5, 5.41) is 0. The summed E-state index contributed by atoms with van der Waals surface area (Å²) in [4.78, 5) is 48.5. The molecule has 1 aromatic carbocycles. The van der Waals surface area contributed by atoms with Gasteiger partial charge < -0.3 is 13.9 Å². The van der Waals surface area contributed by atoms with Crippen molar-refractivity contribution in [2.75, 3.05) is 14.2 Å². The summed E-state index contributed by atoms with van der Waals surface area (Å²) in [6.45, 7) is -0.278. The Kier molecular flexibility index (Phi) is 4.10.